The van der Waals surface area contributed by atoms with Crippen LogP contribution in [0.2, 0.25) is 0 Å². The molecule has 1 aromatic rings. The Morgan fingerprint density at radius 1 is 1.55 bits per heavy atom. The number of aromatic nitrogens is 1. The number of thiazole rings is 1. The van der Waals surface area contributed by atoms with Gasteiger partial charge in [0, 0.05) is 13.1 Å². The zero-order chi connectivity index (χ0) is 14.9. The lowest BCUT2D eigenvalue weighted by Crippen LogP contribution is -2.39. The number of aromatic carboxylic acids is 1. The minimum atomic E-state index is -4.03. The molecule has 0 aromatic carbocycles. The summed E-state index contributed by atoms with van der Waals surface area (Å²) in [5.74, 6) is -1.82. The molecule has 0 radical (unpaired) electrons. The van der Waals surface area contributed by atoms with Crippen molar-refractivity contribution in [2.24, 2.45) is 0 Å². The average molecular weight is 319 g/mol. The molecule has 20 heavy (non-hydrogen) atoms. The zero-order valence-electron chi connectivity index (χ0n) is 10.6. The molecule has 110 valence electrons. The number of sulfonamides is 1. The normalized spacial score (nSPS) is 15.3. The van der Waals surface area contributed by atoms with E-state index in [1.54, 1.807) is 0 Å². The van der Waals surface area contributed by atoms with Gasteiger partial charge < -0.3 is 10.4 Å². The van der Waals surface area contributed by atoms with Crippen molar-refractivity contribution in [1.82, 2.24) is 14.6 Å². The number of nitrogens with one attached hydrogen (secondary N) is 1. The molecule has 1 aromatic heterocycles. The first-order valence-corrected chi connectivity index (χ1v) is 8.07. The molecule has 0 unspecified atom stereocenters. The minimum Gasteiger partial charge on any atom is -0.476 e. The number of hydrogen-bond donors (Lipinski definition) is 2. The Bertz CT molecular complexity index is 635. The number of likely N-dealkylation sites (N-methyl/N-ethyl adjacent to an activating group) is 1. The van der Waals surface area contributed by atoms with E-state index in [-0.39, 0.29) is 16.8 Å². The molecule has 1 saturated carbocycles. The number of carbonyl (C=O) groups excluding carboxylic acids is 1. The molecule has 1 amide bonds. The monoisotopic (exact) mass is 319 g/mol. The van der Waals surface area contributed by atoms with Crippen molar-refractivity contribution in [2.45, 2.75) is 23.1 Å². The van der Waals surface area contributed by atoms with Crippen LogP contribution in [0.15, 0.2) is 9.72 Å². The van der Waals surface area contributed by atoms with Gasteiger partial charge in [-0.05, 0) is 12.8 Å². The van der Waals surface area contributed by atoms with E-state index in [4.69, 9.17) is 5.11 Å². The molecule has 1 fully saturated rings. The number of nitrogens with zero attached hydrogens (tertiary/aromatic N) is 2. The van der Waals surface area contributed by atoms with Crippen molar-refractivity contribution in [1.29, 1.82) is 0 Å². The van der Waals surface area contributed by atoms with Crippen LogP contribution in [-0.4, -0.2) is 54.3 Å². The van der Waals surface area contributed by atoms with Gasteiger partial charge in [0.2, 0.25) is 5.91 Å². The summed E-state index contributed by atoms with van der Waals surface area (Å²) in [6.45, 7) is -0.351. The third-order valence-electron chi connectivity index (χ3n) is 2.69. The summed E-state index contributed by atoms with van der Waals surface area (Å²) in [5.41, 5.74) is 0.624. The lowest BCUT2D eigenvalue weighted by atomic mass is 10.5. The number of rotatable bonds is 6. The summed E-state index contributed by atoms with van der Waals surface area (Å²) in [6, 6.07) is 0.136. The fourth-order valence-corrected chi connectivity index (χ4v) is 3.95. The second-order valence-electron chi connectivity index (χ2n) is 4.40. The Hall–Kier alpha value is -1.52. The van der Waals surface area contributed by atoms with E-state index < -0.39 is 27.6 Å². The molecule has 2 rings (SSSR count). The van der Waals surface area contributed by atoms with Crippen LogP contribution in [0.3, 0.4) is 0 Å². The van der Waals surface area contributed by atoms with E-state index in [1.807, 2.05) is 0 Å². The van der Waals surface area contributed by atoms with Gasteiger partial charge in [0.25, 0.3) is 10.0 Å². The van der Waals surface area contributed by atoms with E-state index in [0.29, 0.717) is 11.3 Å². The molecular formula is C10H13N3O5S2. The Morgan fingerprint density at radius 3 is 2.75 bits per heavy atom. The number of carbonyl (C=O) groups is 2. The number of carboxylic acid groups (broad SMARTS) is 1. The third-order valence-corrected chi connectivity index (χ3v) is 5.84. The van der Waals surface area contributed by atoms with Crippen molar-refractivity contribution in [3.63, 3.8) is 0 Å². The largest absolute Gasteiger partial charge is 0.476 e. The summed E-state index contributed by atoms with van der Waals surface area (Å²) in [7, 11) is -2.80. The summed E-state index contributed by atoms with van der Waals surface area (Å²) < 4.78 is 24.9. The van der Waals surface area contributed by atoms with Gasteiger partial charge in [-0.1, -0.05) is 0 Å². The molecule has 2 N–H and O–H groups in total. The SMILES string of the molecule is CN(CC(=O)NC1CC1)S(=O)(=O)c1scnc1C(=O)O. The second-order valence-corrected chi connectivity index (χ2v) is 7.49. The summed E-state index contributed by atoms with van der Waals surface area (Å²) in [5, 5.41) is 11.6. The number of hydrogen-bond acceptors (Lipinski definition) is 6. The summed E-state index contributed by atoms with van der Waals surface area (Å²) in [6.07, 6.45) is 1.81. The fourth-order valence-electron chi connectivity index (χ4n) is 1.49. The summed E-state index contributed by atoms with van der Waals surface area (Å²) in [4.78, 5) is 26.0. The Balaban J connectivity index is 2.13. The van der Waals surface area contributed by atoms with Gasteiger partial charge in [0.1, 0.15) is 0 Å². The molecule has 1 aliphatic rings. The van der Waals surface area contributed by atoms with Gasteiger partial charge in [-0.2, -0.15) is 4.31 Å². The van der Waals surface area contributed by atoms with Crippen LogP contribution in [0.1, 0.15) is 23.3 Å². The van der Waals surface area contributed by atoms with Crippen LogP contribution < -0.4 is 5.32 Å². The molecule has 0 aliphatic heterocycles. The maximum Gasteiger partial charge on any atom is 0.356 e. The van der Waals surface area contributed by atoms with Crippen LogP contribution in [0.25, 0.3) is 0 Å². The van der Waals surface area contributed by atoms with Gasteiger partial charge in [-0.3, -0.25) is 4.79 Å². The highest BCUT2D eigenvalue weighted by Crippen LogP contribution is 2.23. The van der Waals surface area contributed by atoms with Gasteiger partial charge in [0.15, 0.2) is 9.90 Å². The smallest absolute Gasteiger partial charge is 0.356 e. The predicted molar refractivity (Wildman–Crippen MR) is 70.1 cm³/mol. The summed E-state index contributed by atoms with van der Waals surface area (Å²) >= 11 is 0.713. The zero-order valence-corrected chi connectivity index (χ0v) is 12.2. The third kappa shape index (κ3) is 3.14. The van der Waals surface area contributed by atoms with Gasteiger partial charge in [0.05, 0.1) is 12.1 Å². The molecule has 8 nitrogen and oxygen atoms in total. The molecule has 1 aliphatic carbocycles. The van der Waals surface area contributed by atoms with Gasteiger partial charge in [-0.25, -0.2) is 18.2 Å². The molecule has 0 spiro atoms. The molecule has 0 bridgehead atoms. The maximum absolute atomic E-state index is 12.2. The van der Waals surface area contributed by atoms with Crippen LogP contribution in [0.5, 0.6) is 0 Å². The van der Waals surface area contributed by atoms with Gasteiger partial charge in [-0.15, -0.1) is 11.3 Å². The highest BCUT2D eigenvalue weighted by Gasteiger charge is 2.31. The van der Waals surface area contributed by atoms with Crippen molar-refractivity contribution >= 4 is 33.2 Å². The highest BCUT2D eigenvalue weighted by molar-refractivity contribution is 7.91. The first kappa shape index (κ1) is 14.9. The van der Waals surface area contributed by atoms with Crippen LogP contribution in [0.4, 0.5) is 0 Å². The molecular weight excluding hydrogens is 306 g/mol. The average Bonchev–Trinajstić information content (AvgIpc) is 3.00. The number of amides is 1. The van der Waals surface area contributed by atoms with Crippen LogP contribution in [-0.2, 0) is 14.8 Å². The van der Waals surface area contributed by atoms with E-state index in [9.17, 15) is 18.0 Å². The van der Waals surface area contributed by atoms with Crippen LogP contribution >= 0.6 is 11.3 Å². The standard InChI is InChI=1S/C10H13N3O5S2/c1-13(4-7(14)12-6-2-3-6)20(17,18)10-8(9(15)16)11-5-19-10/h5-6H,2-4H2,1H3,(H,12,14)(H,15,16). The minimum absolute atomic E-state index is 0.136. The number of carboxylic acids is 1. The van der Waals surface area contributed by atoms with Crippen molar-refractivity contribution in [2.75, 3.05) is 13.6 Å². The first-order valence-electron chi connectivity index (χ1n) is 5.75. The highest BCUT2D eigenvalue weighted by atomic mass is 32.2. The van der Waals surface area contributed by atoms with Crippen molar-refractivity contribution in [3.05, 3.63) is 11.2 Å². The van der Waals surface area contributed by atoms with E-state index in [1.165, 1.54) is 7.05 Å². The topological polar surface area (TPSA) is 117 Å². The lowest BCUT2D eigenvalue weighted by molar-refractivity contribution is -0.121. The quantitative estimate of drug-likeness (QED) is 0.746. The Labute approximate surface area is 119 Å². The molecule has 1 heterocycles. The Morgan fingerprint density at radius 2 is 2.20 bits per heavy atom. The first-order chi connectivity index (χ1) is 9.32. The van der Waals surface area contributed by atoms with E-state index in [0.717, 1.165) is 22.7 Å². The van der Waals surface area contributed by atoms with E-state index >= 15 is 0 Å². The van der Waals surface area contributed by atoms with Crippen molar-refractivity contribution < 1.29 is 23.1 Å². The molecule has 10 heteroatoms. The maximum atomic E-state index is 12.2. The molecule has 0 saturated heterocycles. The van der Waals surface area contributed by atoms with E-state index in [2.05, 4.69) is 10.3 Å². The second kappa shape index (κ2) is 5.46. The predicted octanol–water partition coefficient (Wildman–Crippen LogP) is -0.260. The Kier molecular flexibility index (Phi) is 4.06. The van der Waals surface area contributed by atoms with Crippen LogP contribution in [0, 0.1) is 0 Å². The van der Waals surface area contributed by atoms with Crippen molar-refractivity contribution in [3.8, 4) is 0 Å². The lowest BCUT2D eigenvalue weighted by Gasteiger charge is -2.15. The molecule has 0 atom stereocenters. The fraction of sp³-hybridized carbons (Fsp3) is 0.500. The van der Waals surface area contributed by atoms with Gasteiger partial charge >= 0.3 is 5.97 Å².